The highest BCUT2D eigenvalue weighted by Crippen LogP contribution is 2.16. The summed E-state index contributed by atoms with van der Waals surface area (Å²) in [5.74, 6) is -0.367. The third-order valence-corrected chi connectivity index (χ3v) is 2.19. The van der Waals surface area contributed by atoms with E-state index in [1.165, 1.54) is 30.1 Å². The molecule has 2 heteroatoms. The van der Waals surface area contributed by atoms with Gasteiger partial charge in [0.05, 0.1) is 0 Å². The maximum Gasteiger partial charge on any atom is 0.241 e. The molecule has 0 bridgehead atoms. The average molecular weight is 195 g/mol. The number of hydrogen-bond donors (Lipinski definition) is 1. The fourth-order valence-electron chi connectivity index (χ4n) is 1.26. The Morgan fingerprint density at radius 1 is 1.36 bits per heavy atom. The van der Waals surface area contributed by atoms with E-state index in [4.69, 9.17) is 5.73 Å². The molecule has 0 aliphatic heterocycles. The van der Waals surface area contributed by atoms with Gasteiger partial charge in [-0.05, 0) is 39.2 Å². The summed E-state index contributed by atoms with van der Waals surface area (Å²) in [6.45, 7) is 6.41. The molecule has 0 spiro atoms. The molecule has 0 rings (SSSR count). The van der Waals surface area contributed by atoms with Gasteiger partial charge in [0.25, 0.3) is 0 Å². The van der Waals surface area contributed by atoms with Crippen molar-refractivity contribution in [2.24, 2.45) is 5.73 Å². The molecule has 0 aliphatic rings. The smallest absolute Gasteiger partial charge is 0.241 e. The van der Waals surface area contributed by atoms with Gasteiger partial charge in [-0.1, -0.05) is 30.6 Å². The Bertz CT molecular complexity index is 235. The van der Waals surface area contributed by atoms with Crippen LogP contribution in [0, 0.1) is 0 Å². The zero-order chi connectivity index (χ0) is 11.0. The van der Waals surface area contributed by atoms with Crippen molar-refractivity contribution in [2.45, 2.75) is 46.5 Å². The van der Waals surface area contributed by atoms with Gasteiger partial charge in [0.1, 0.15) is 0 Å². The van der Waals surface area contributed by atoms with Crippen molar-refractivity contribution >= 4 is 5.91 Å². The zero-order valence-electron chi connectivity index (χ0n) is 9.47. The standard InChI is InChI=1S/C12H21NO/c1-4-5-7-11(10(2)3)8-6-9-12(13)14/h6,9H,4-5,7-8H2,1-3H3,(H2,13,14)/b9-6+. The van der Waals surface area contributed by atoms with E-state index in [1.807, 2.05) is 6.08 Å². The van der Waals surface area contributed by atoms with Crippen molar-refractivity contribution in [1.29, 1.82) is 0 Å². The largest absolute Gasteiger partial charge is 0.366 e. The predicted molar refractivity (Wildman–Crippen MR) is 60.9 cm³/mol. The van der Waals surface area contributed by atoms with E-state index in [2.05, 4.69) is 20.8 Å². The maximum atomic E-state index is 10.5. The quantitative estimate of drug-likeness (QED) is 0.514. The van der Waals surface area contributed by atoms with Crippen molar-refractivity contribution in [3.8, 4) is 0 Å². The number of primary amides is 1. The number of carbonyl (C=O) groups excluding carboxylic acids is 1. The van der Waals surface area contributed by atoms with E-state index in [9.17, 15) is 4.79 Å². The Kier molecular flexibility index (Phi) is 6.81. The number of rotatable bonds is 6. The van der Waals surface area contributed by atoms with Crippen molar-refractivity contribution < 1.29 is 4.79 Å². The third kappa shape index (κ3) is 6.46. The van der Waals surface area contributed by atoms with Gasteiger partial charge >= 0.3 is 0 Å². The van der Waals surface area contributed by atoms with Gasteiger partial charge in [0.15, 0.2) is 0 Å². The van der Waals surface area contributed by atoms with E-state index in [1.54, 1.807) is 0 Å². The van der Waals surface area contributed by atoms with E-state index in [0.29, 0.717) is 0 Å². The highest BCUT2D eigenvalue weighted by atomic mass is 16.1. The van der Waals surface area contributed by atoms with E-state index >= 15 is 0 Å². The van der Waals surface area contributed by atoms with E-state index < -0.39 is 0 Å². The third-order valence-electron chi connectivity index (χ3n) is 2.19. The highest BCUT2D eigenvalue weighted by molar-refractivity contribution is 5.85. The summed E-state index contributed by atoms with van der Waals surface area (Å²) >= 11 is 0. The summed E-state index contributed by atoms with van der Waals surface area (Å²) < 4.78 is 0. The second kappa shape index (κ2) is 7.36. The molecule has 14 heavy (non-hydrogen) atoms. The molecule has 0 aromatic carbocycles. The first kappa shape index (κ1) is 12.9. The Balaban J connectivity index is 4.12. The summed E-state index contributed by atoms with van der Waals surface area (Å²) in [5.41, 5.74) is 7.79. The maximum absolute atomic E-state index is 10.5. The lowest BCUT2D eigenvalue weighted by atomic mass is 10.0. The molecule has 0 aliphatic carbocycles. The molecule has 0 heterocycles. The van der Waals surface area contributed by atoms with Gasteiger partial charge in [0.2, 0.25) is 5.91 Å². The molecule has 0 aromatic rings. The first-order valence-electron chi connectivity index (χ1n) is 5.19. The molecule has 2 N–H and O–H groups in total. The molecule has 0 unspecified atom stereocenters. The Morgan fingerprint density at radius 3 is 2.43 bits per heavy atom. The molecule has 80 valence electrons. The van der Waals surface area contributed by atoms with Crippen LogP contribution >= 0.6 is 0 Å². The molecule has 0 atom stereocenters. The van der Waals surface area contributed by atoms with Gasteiger partial charge < -0.3 is 5.73 Å². The van der Waals surface area contributed by atoms with Crippen LogP contribution in [0.4, 0.5) is 0 Å². The zero-order valence-corrected chi connectivity index (χ0v) is 9.47. The highest BCUT2D eigenvalue weighted by Gasteiger charge is 1.97. The number of carbonyl (C=O) groups is 1. The van der Waals surface area contributed by atoms with Crippen LogP contribution in [0.1, 0.15) is 46.5 Å². The predicted octanol–water partition coefficient (Wildman–Crippen LogP) is 2.94. The van der Waals surface area contributed by atoms with Crippen LogP contribution in [0.5, 0.6) is 0 Å². The molecule has 0 fully saturated rings. The second-order valence-electron chi connectivity index (χ2n) is 3.72. The van der Waals surface area contributed by atoms with Crippen LogP contribution in [0.25, 0.3) is 0 Å². The minimum absolute atomic E-state index is 0.367. The van der Waals surface area contributed by atoms with Crippen molar-refractivity contribution in [1.82, 2.24) is 0 Å². The lowest BCUT2D eigenvalue weighted by Gasteiger charge is -2.06. The number of unbranched alkanes of at least 4 members (excludes halogenated alkanes) is 1. The molecular weight excluding hydrogens is 174 g/mol. The Hall–Kier alpha value is -1.05. The van der Waals surface area contributed by atoms with Crippen molar-refractivity contribution in [3.05, 3.63) is 23.3 Å². The van der Waals surface area contributed by atoms with Crippen LogP contribution in [-0.2, 0) is 4.79 Å². The van der Waals surface area contributed by atoms with Crippen LogP contribution < -0.4 is 5.73 Å². The summed E-state index contributed by atoms with van der Waals surface area (Å²) in [4.78, 5) is 10.5. The summed E-state index contributed by atoms with van der Waals surface area (Å²) in [6.07, 6.45) is 7.68. The Morgan fingerprint density at radius 2 is 2.00 bits per heavy atom. The summed E-state index contributed by atoms with van der Waals surface area (Å²) in [7, 11) is 0. The Labute approximate surface area is 86.9 Å². The normalized spacial score (nSPS) is 10.5. The van der Waals surface area contributed by atoms with E-state index in [0.717, 1.165) is 12.8 Å². The van der Waals surface area contributed by atoms with Gasteiger partial charge in [-0.15, -0.1) is 0 Å². The fraction of sp³-hybridized carbons (Fsp3) is 0.583. The summed E-state index contributed by atoms with van der Waals surface area (Å²) in [5, 5.41) is 0. The lowest BCUT2D eigenvalue weighted by Crippen LogP contribution is -2.05. The van der Waals surface area contributed by atoms with Crippen LogP contribution in [0.2, 0.25) is 0 Å². The van der Waals surface area contributed by atoms with Crippen molar-refractivity contribution in [3.63, 3.8) is 0 Å². The van der Waals surface area contributed by atoms with Gasteiger partial charge in [-0.2, -0.15) is 0 Å². The first-order chi connectivity index (χ1) is 6.57. The van der Waals surface area contributed by atoms with Gasteiger partial charge in [-0.25, -0.2) is 0 Å². The van der Waals surface area contributed by atoms with E-state index in [-0.39, 0.29) is 5.91 Å². The summed E-state index contributed by atoms with van der Waals surface area (Å²) in [6, 6.07) is 0. The van der Waals surface area contributed by atoms with Crippen molar-refractivity contribution in [2.75, 3.05) is 0 Å². The van der Waals surface area contributed by atoms with Crippen LogP contribution in [0.15, 0.2) is 23.3 Å². The minimum atomic E-state index is -0.367. The second-order valence-corrected chi connectivity index (χ2v) is 3.72. The molecule has 0 saturated heterocycles. The number of hydrogen-bond acceptors (Lipinski definition) is 1. The number of amides is 1. The average Bonchev–Trinajstić information content (AvgIpc) is 2.09. The fourth-order valence-corrected chi connectivity index (χ4v) is 1.26. The number of allylic oxidation sites excluding steroid dienone is 3. The lowest BCUT2D eigenvalue weighted by molar-refractivity contribution is -0.113. The molecule has 2 nitrogen and oxygen atoms in total. The monoisotopic (exact) mass is 195 g/mol. The molecule has 1 amide bonds. The molecule has 0 radical (unpaired) electrons. The minimum Gasteiger partial charge on any atom is -0.366 e. The number of nitrogens with two attached hydrogens (primary N) is 1. The first-order valence-corrected chi connectivity index (χ1v) is 5.19. The SMILES string of the molecule is CCCCC(C/C=C/C(N)=O)=C(C)C. The van der Waals surface area contributed by atoms with Gasteiger partial charge in [0, 0.05) is 0 Å². The molecule has 0 saturated carbocycles. The van der Waals surface area contributed by atoms with Crippen LogP contribution in [-0.4, -0.2) is 5.91 Å². The molecular formula is C12H21NO. The molecule has 0 aromatic heterocycles. The van der Waals surface area contributed by atoms with Crippen LogP contribution in [0.3, 0.4) is 0 Å². The topological polar surface area (TPSA) is 43.1 Å². The van der Waals surface area contributed by atoms with Gasteiger partial charge in [-0.3, -0.25) is 4.79 Å².